The topological polar surface area (TPSA) is 49.4 Å². The molecule has 0 atom stereocenters. The highest BCUT2D eigenvalue weighted by Crippen LogP contribution is 2.36. The van der Waals surface area contributed by atoms with Crippen LogP contribution in [0, 0.1) is 0 Å². The molecule has 1 saturated heterocycles. The number of hydrogen-bond acceptors (Lipinski definition) is 4. The van der Waals surface area contributed by atoms with Gasteiger partial charge in [0.15, 0.2) is 0 Å². The second kappa shape index (κ2) is 5.69. The van der Waals surface area contributed by atoms with Crippen LogP contribution in [0.25, 0.3) is 6.08 Å². The van der Waals surface area contributed by atoms with Gasteiger partial charge in [-0.05, 0) is 23.8 Å². The number of hydrogen-bond donors (Lipinski definition) is 1. The number of piperazine rings is 1. The third-order valence-corrected chi connectivity index (χ3v) is 6.92. The Morgan fingerprint density at radius 1 is 1.25 bits per heavy atom. The summed E-state index contributed by atoms with van der Waals surface area (Å²) in [5, 5.41) is 3.84. The standard InChI is InChI=1S/C13H15ClN2O2S2/c14-11-2-1-10-7-12(9-19-13(10)8-11)20(17,18)16-5-3-15-4-6-16/h1-2,7-8,15H,3-6,9H2. The summed E-state index contributed by atoms with van der Waals surface area (Å²) in [7, 11) is -3.34. The van der Waals surface area contributed by atoms with Crippen LogP contribution in [0.15, 0.2) is 28.0 Å². The van der Waals surface area contributed by atoms with Gasteiger partial charge in [-0.3, -0.25) is 0 Å². The van der Waals surface area contributed by atoms with Crippen LogP contribution in [-0.4, -0.2) is 44.7 Å². The van der Waals surface area contributed by atoms with Crippen molar-refractivity contribution < 1.29 is 8.42 Å². The average molecular weight is 331 g/mol. The summed E-state index contributed by atoms with van der Waals surface area (Å²) >= 11 is 7.48. The molecule has 7 heteroatoms. The van der Waals surface area contributed by atoms with Crippen molar-refractivity contribution in [3.05, 3.63) is 33.7 Å². The van der Waals surface area contributed by atoms with Gasteiger partial charge in [-0.25, -0.2) is 8.42 Å². The molecule has 2 heterocycles. The Morgan fingerprint density at radius 3 is 2.75 bits per heavy atom. The van der Waals surface area contributed by atoms with Gasteiger partial charge in [0.25, 0.3) is 0 Å². The molecule has 108 valence electrons. The van der Waals surface area contributed by atoms with Gasteiger partial charge in [0.1, 0.15) is 0 Å². The highest BCUT2D eigenvalue weighted by Gasteiger charge is 2.29. The Kier molecular flexibility index (Phi) is 4.10. The van der Waals surface area contributed by atoms with Gasteiger partial charge in [-0.15, -0.1) is 11.8 Å². The number of halogens is 1. The SMILES string of the molecule is O=S(=O)(C1=Cc2ccc(Cl)cc2SC1)N1CCNCC1. The summed E-state index contributed by atoms with van der Waals surface area (Å²) < 4.78 is 26.8. The molecule has 1 aromatic carbocycles. The molecular formula is C13H15ClN2O2S2. The van der Waals surface area contributed by atoms with Crippen molar-refractivity contribution in [2.24, 2.45) is 0 Å². The van der Waals surface area contributed by atoms with E-state index in [0.717, 1.165) is 10.5 Å². The van der Waals surface area contributed by atoms with Crippen LogP contribution in [-0.2, 0) is 10.0 Å². The van der Waals surface area contributed by atoms with Crippen LogP contribution in [0.1, 0.15) is 5.56 Å². The van der Waals surface area contributed by atoms with Gasteiger partial charge in [-0.2, -0.15) is 4.31 Å². The van der Waals surface area contributed by atoms with E-state index in [-0.39, 0.29) is 0 Å². The number of fused-ring (bicyclic) bond motifs is 1. The number of nitrogens with zero attached hydrogens (tertiary/aromatic N) is 1. The molecule has 3 rings (SSSR count). The minimum Gasteiger partial charge on any atom is -0.314 e. The maximum absolute atomic E-state index is 12.6. The quantitative estimate of drug-likeness (QED) is 0.901. The molecule has 0 radical (unpaired) electrons. The fourth-order valence-corrected chi connectivity index (χ4v) is 5.48. The summed E-state index contributed by atoms with van der Waals surface area (Å²) in [5.41, 5.74) is 0.930. The molecule has 4 nitrogen and oxygen atoms in total. The summed E-state index contributed by atoms with van der Waals surface area (Å²) in [4.78, 5) is 1.52. The van der Waals surface area contributed by atoms with Crippen LogP contribution in [0.2, 0.25) is 5.02 Å². The zero-order valence-corrected chi connectivity index (χ0v) is 13.2. The third kappa shape index (κ3) is 2.76. The fraction of sp³-hybridized carbons (Fsp3) is 0.385. The Bertz CT molecular complexity index is 652. The molecule has 0 bridgehead atoms. The maximum atomic E-state index is 12.6. The number of nitrogens with one attached hydrogen (secondary N) is 1. The molecule has 0 saturated carbocycles. The highest BCUT2D eigenvalue weighted by atomic mass is 35.5. The second-order valence-electron chi connectivity index (χ2n) is 4.74. The summed E-state index contributed by atoms with van der Waals surface area (Å²) in [5.74, 6) is 0.472. The van der Waals surface area contributed by atoms with Gasteiger partial charge >= 0.3 is 0 Å². The molecule has 0 aromatic heterocycles. The van der Waals surface area contributed by atoms with Gasteiger partial charge < -0.3 is 5.32 Å². The van der Waals surface area contributed by atoms with Crippen molar-refractivity contribution in [3.8, 4) is 0 Å². The number of rotatable bonds is 2. The van der Waals surface area contributed by atoms with E-state index in [1.165, 1.54) is 11.8 Å². The first-order valence-electron chi connectivity index (χ1n) is 6.41. The predicted octanol–water partition coefficient (Wildman–Crippen LogP) is 2.02. The molecule has 1 fully saturated rings. The molecule has 20 heavy (non-hydrogen) atoms. The first-order chi connectivity index (χ1) is 9.57. The van der Waals surface area contributed by atoms with Crippen LogP contribution in [0.3, 0.4) is 0 Å². The highest BCUT2D eigenvalue weighted by molar-refractivity contribution is 8.02. The lowest BCUT2D eigenvalue weighted by molar-refractivity contribution is 0.363. The van der Waals surface area contributed by atoms with Crippen molar-refractivity contribution in [2.45, 2.75) is 4.90 Å². The van der Waals surface area contributed by atoms with Crippen LogP contribution in [0.5, 0.6) is 0 Å². The van der Waals surface area contributed by atoms with Crippen LogP contribution >= 0.6 is 23.4 Å². The molecule has 2 aliphatic rings. The first-order valence-corrected chi connectivity index (χ1v) is 9.21. The van der Waals surface area contributed by atoms with Crippen molar-refractivity contribution in [1.82, 2.24) is 9.62 Å². The van der Waals surface area contributed by atoms with Gasteiger partial charge in [0, 0.05) is 41.8 Å². The van der Waals surface area contributed by atoms with E-state index in [0.29, 0.717) is 41.9 Å². The fourth-order valence-electron chi connectivity index (χ4n) is 2.32. The van der Waals surface area contributed by atoms with Gasteiger partial charge in [0.2, 0.25) is 10.0 Å². The number of sulfonamides is 1. The third-order valence-electron chi connectivity index (χ3n) is 3.41. The summed E-state index contributed by atoms with van der Waals surface area (Å²) in [6.07, 6.45) is 1.78. The number of benzene rings is 1. The van der Waals surface area contributed by atoms with Crippen LogP contribution < -0.4 is 5.32 Å². The zero-order valence-electron chi connectivity index (χ0n) is 10.8. The summed E-state index contributed by atoms with van der Waals surface area (Å²) in [6, 6.07) is 5.54. The molecule has 0 aliphatic carbocycles. The van der Waals surface area contributed by atoms with Crippen molar-refractivity contribution in [2.75, 3.05) is 31.9 Å². The van der Waals surface area contributed by atoms with Gasteiger partial charge in [-0.1, -0.05) is 17.7 Å². The lowest BCUT2D eigenvalue weighted by Crippen LogP contribution is -2.46. The number of thioether (sulfide) groups is 1. The lowest BCUT2D eigenvalue weighted by atomic mass is 10.2. The Labute approximate surface area is 128 Å². The van der Waals surface area contributed by atoms with Gasteiger partial charge in [0.05, 0.1) is 4.91 Å². The predicted molar refractivity (Wildman–Crippen MR) is 83.5 cm³/mol. The first kappa shape index (κ1) is 14.4. The average Bonchev–Trinajstić information content (AvgIpc) is 2.47. The van der Waals surface area contributed by atoms with E-state index < -0.39 is 10.0 Å². The monoisotopic (exact) mass is 330 g/mol. The minimum atomic E-state index is -3.34. The van der Waals surface area contributed by atoms with E-state index in [1.807, 2.05) is 12.1 Å². The van der Waals surface area contributed by atoms with E-state index in [1.54, 1.807) is 16.4 Å². The molecule has 1 N–H and O–H groups in total. The molecule has 0 amide bonds. The van der Waals surface area contributed by atoms with Crippen molar-refractivity contribution in [3.63, 3.8) is 0 Å². The second-order valence-corrected chi connectivity index (χ2v) is 8.18. The molecular weight excluding hydrogens is 316 g/mol. The Hall–Kier alpha value is -0.530. The molecule has 0 unspecified atom stereocenters. The minimum absolute atomic E-state index is 0.472. The van der Waals surface area contributed by atoms with Crippen molar-refractivity contribution >= 4 is 39.5 Å². The molecule has 1 aromatic rings. The normalized spacial score (nSPS) is 20.4. The van der Waals surface area contributed by atoms with E-state index >= 15 is 0 Å². The Morgan fingerprint density at radius 2 is 2.00 bits per heavy atom. The summed E-state index contributed by atoms with van der Waals surface area (Å²) in [6.45, 7) is 2.51. The van der Waals surface area contributed by atoms with E-state index in [9.17, 15) is 8.42 Å². The Balaban J connectivity index is 1.92. The van der Waals surface area contributed by atoms with Crippen molar-refractivity contribution in [1.29, 1.82) is 0 Å². The van der Waals surface area contributed by atoms with E-state index in [4.69, 9.17) is 11.6 Å². The lowest BCUT2D eigenvalue weighted by Gasteiger charge is -2.28. The molecule has 2 aliphatic heterocycles. The van der Waals surface area contributed by atoms with E-state index in [2.05, 4.69) is 5.32 Å². The smallest absolute Gasteiger partial charge is 0.240 e. The van der Waals surface area contributed by atoms with Crippen LogP contribution in [0.4, 0.5) is 0 Å². The maximum Gasteiger partial charge on any atom is 0.240 e. The largest absolute Gasteiger partial charge is 0.314 e. The molecule has 0 spiro atoms. The zero-order chi connectivity index (χ0) is 14.2.